The lowest BCUT2D eigenvalue weighted by Crippen LogP contribution is -2.38. The molecule has 4 N–H and O–H groups in total. The van der Waals surface area contributed by atoms with Crippen molar-refractivity contribution in [3.05, 3.63) is 24.0 Å². The molecule has 0 bridgehead atoms. The summed E-state index contributed by atoms with van der Waals surface area (Å²) in [5, 5.41) is 4.85. The maximum absolute atomic E-state index is 11.0. The summed E-state index contributed by atoms with van der Waals surface area (Å²) < 4.78 is 5.10. The van der Waals surface area contributed by atoms with Gasteiger partial charge in [-0.25, -0.2) is 4.79 Å². The number of nitrogens with zero attached hydrogens (tertiary/aromatic N) is 1. The smallest absolute Gasteiger partial charge is 0.318 e. The number of imide groups is 1. The van der Waals surface area contributed by atoms with E-state index in [-0.39, 0.29) is 6.61 Å². The minimum Gasteiger partial charge on any atom is -0.482 e. The van der Waals surface area contributed by atoms with E-state index in [1.165, 1.54) is 6.20 Å². The van der Waals surface area contributed by atoms with E-state index in [4.69, 9.17) is 10.5 Å². The highest BCUT2D eigenvalue weighted by Gasteiger charge is 2.05. The molecule has 1 aromatic heterocycles. The van der Waals surface area contributed by atoms with Crippen LogP contribution in [0.2, 0.25) is 0 Å². The van der Waals surface area contributed by atoms with Crippen LogP contribution in [0, 0.1) is 0 Å². The van der Waals surface area contributed by atoms with Crippen LogP contribution in [0.4, 0.5) is 4.79 Å². The molecule has 3 amide bonds. The number of aromatic nitrogens is 1. The van der Waals surface area contributed by atoms with Gasteiger partial charge in [-0.2, -0.15) is 0 Å². The number of rotatable bonds is 5. The number of hydrogen-bond acceptors (Lipinski definition) is 5. The second-order valence-electron chi connectivity index (χ2n) is 3.22. The maximum Gasteiger partial charge on any atom is 0.318 e. The van der Waals surface area contributed by atoms with Gasteiger partial charge in [0.05, 0.1) is 11.9 Å². The zero-order valence-electron chi connectivity index (χ0n) is 9.40. The van der Waals surface area contributed by atoms with Crippen LogP contribution in [-0.4, -0.2) is 30.6 Å². The van der Waals surface area contributed by atoms with Crippen molar-refractivity contribution in [2.45, 2.75) is 6.54 Å². The van der Waals surface area contributed by atoms with Gasteiger partial charge in [0.1, 0.15) is 5.75 Å². The van der Waals surface area contributed by atoms with Gasteiger partial charge in [-0.1, -0.05) is 0 Å². The Morgan fingerprint density at radius 1 is 1.47 bits per heavy atom. The van der Waals surface area contributed by atoms with Crippen LogP contribution in [0.15, 0.2) is 18.3 Å². The van der Waals surface area contributed by atoms with Crippen molar-refractivity contribution in [3.63, 3.8) is 0 Å². The molecular formula is C10H14N4O3. The number of pyridine rings is 1. The van der Waals surface area contributed by atoms with E-state index in [1.807, 2.05) is 12.4 Å². The fourth-order valence-electron chi connectivity index (χ4n) is 1.10. The van der Waals surface area contributed by atoms with E-state index in [0.717, 1.165) is 5.69 Å². The van der Waals surface area contributed by atoms with Crippen LogP contribution in [0.1, 0.15) is 5.69 Å². The third kappa shape index (κ3) is 4.94. The van der Waals surface area contributed by atoms with Crippen molar-refractivity contribution in [2.75, 3.05) is 13.7 Å². The number of nitrogens with one attached hydrogen (secondary N) is 2. The molecule has 1 rings (SSSR count). The first-order valence-corrected chi connectivity index (χ1v) is 4.93. The minimum absolute atomic E-state index is 0.282. The normalized spacial score (nSPS) is 9.71. The largest absolute Gasteiger partial charge is 0.482 e. The van der Waals surface area contributed by atoms with E-state index in [0.29, 0.717) is 12.3 Å². The number of nitrogens with two attached hydrogens (primary N) is 1. The first kappa shape index (κ1) is 12.9. The molecule has 1 heterocycles. The number of carbonyl (C=O) groups excluding carboxylic acids is 2. The Labute approximate surface area is 98.4 Å². The summed E-state index contributed by atoms with van der Waals surface area (Å²) in [6.07, 6.45) is 1.50. The second kappa shape index (κ2) is 6.44. The molecule has 0 atom stereocenters. The molecule has 0 spiro atoms. The van der Waals surface area contributed by atoms with Crippen LogP contribution in [0.5, 0.6) is 5.75 Å². The lowest BCUT2D eigenvalue weighted by Gasteiger charge is -2.05. The molecule has 7 nitrogen and oxygen atoms in total. The first-order chi connectivity index (χ1) is 8.11. The van der Waals surface area contributed by atoms with E-state index < -0.39 is 11.9 Å². The molecule has 0 aliphatic rings. The Morgan fingerprint density at radius 3 is 2.76 bits per heavy atom. The highest BCUT2D eigenvalue weighted by Crippen LogP contribution is 2.08. The van der Waals surface area contributed by atoms with E-state index in [9.17, 15) is 9.59 Å². The van der Waals surface area contributed by atoms with Gasteiger partial charge in [-0.15, -0.1) is 0 Å². The van der Waals surface area contributed by atoms with Gasteiger partial charge < -0.3 is 15.8 Å². The number of primary amides is 1. The number of urea groups is 1. The highest BCUT2D eigenvalue weighted by molar-refractivity contribution is 5.94. The summed E-state index contributed by atoms with van der Waals surface area (Å²) in [6.45, 7) is 0.373. The summed E-state index contributed by atoms with van der Waals surface area (Å²) in [5.74, 6) is -0.152. The van der Waals surface area contributed by atoms with Gasteiger partial charge in [0.25, 0.3) is 5.91 Å². The molecule has 7 heteroatoms. The van der Waals surface area contributed by atoms with E-state index in [1.54, 1.807) is 12.1 Å². The van der Waals surface area contributed by atoms with Crippen LogP contribution in [0.3, 0.4) is 0 Å². The van der Waals surface area contributed by atoms with Gasteiger partial charge in [0.15, 0.2) is 6.61 Å². The van der Waals surface area contributed by atoms with E-state index in [2.05, 4.69) is 10.3 Å². The van der Waals surface area contributed by atoms with Crippen molar-refractivity contribution in [1.82, 2.24) is 15.6 Å². The van der Waals surface area contributed by atoms with Crippen LogP contribution in [-0.2, 0) is 11.3 Å². The average molecular weight is 238 g/mol. The summed E-state index contributed by atoms with van der Waals surface area (Å²) >= 11 is 0. The molecule has 0 unspecified atom stereocenters. The number of carbonyl (C=O) groups is 2. The van der Waals surface area contributed by atoms with Gasteiger partial charge >= 0.3 is 6.03 Å². The zero-order valence-corrected chi connectivity index (χ0v) is 9.40. The second-order valence-corrected chi connectivity index (χ2v) is 3.22. The van der Waals surface area contributed by atoms with Crippen molar-refractivity contribution in [2.24, 2.45) is 5.73 Å². The molecule has 0 saturated heterocycles. The van der Waals surface area contributed by atoms with Gasteiger partial charge in [0.2, 0.25) is 0 Å². The predicted molar refractivity (Wildman–Crippen MR) is 60.2 cm³/mol. The lowest BCUT2D eigenvalue weighted by atomic mass is 10.3. The van der Waals surface area contributed by atoms with Gasteiger partial charge in [-0.05, 0) is 19.2 Å². The van der Waals surface area contributed by atoms with Crippen molar-refractivity contribution >= 4 is 11.9 Å². The van der Waals surface area contributed by atoms with Gasteiger partial charge in [0, 0.05) is 6.54 Å². The molecule has 0 aromatic carbocycles. The summed E-state index contributed by atoms with van der Waals surface area (Å²) in [6, 6.07) is 2.57. The number of hydrogen-bond donors (Lipinski definition) is 3. The molecule has 0 radical (unpaired) electrons. The molecule has 0 saturated carbocycles. The third-order valence-electron chi connectivity index (χ3n) is 1.79. The number of amides is 3. The van der Waals surface area contributed by atoms with Crippen LogP contribution in [0.25, 0.3) is 0 Å². The van der Waals surface area contributed by atoms with Crippen LogP contribution < -0.4 is 21.1 Å². The Hall–Kier alpha value is -2.15. The first-order valence-electron chi connectivity index (χ1n) is 4.93. The SMILES string of the molecule is CNCc1ccc(OCC(=O)NC(N)=O)cn1. The Kier molecular flexibility index (Phi) is 4.89. The monoisotopic (exact) mass is 238 g/mol. The van der Waals surface area contributed by atoms with Crippen molar-refractivity contribution in [1.29, 1.82) is 0 Å². The predicted octanol–water partition coefficient (Wildman–Crippen LogP) is -0.625. The Morgan fingerprint density at radius 2 is 2.24 bits per heavy atom. The van der Waals surface area contributed by atoms with Crippen molar-refractivity contribution < 1.29 is 14.3 Å². The fraction of sp³-hybridized carbons (Fsp3) is 0.300. The summed E-state index contributed by atoms with van der Waals surface area (Å²) in [5.41, 5.74) is 5.63. The van der Waals surface area contributed by atoms with E-state index >= 15 is 0 Å². The third-order valence-corrected chi connectivity index (χ3v) is 1.79. The highest BCUT2D eigenvalue weighted by atomic mass is 16.5. The lowest BCUT2D eigenvalue weighted by molar-refractivity contribution is -0.121. The summed E-state index contributed by atoms with van der Waals surface area (Å²) in [7, 11) is 1.82. The average Bonchev–Trinajstić information content (AvgIpc) is 2.28. The fourth-order valence-corrected chi connectivity index (χ4v) is 1.10. The summed E-state index contributed by atoms with van der Waals surface area (Å²) in [4.78, 5) is 25.5. The number of ether oxygens (including phenoxy) is 1. The minimum atomic E-state index is -0.902. The molecule has 0 aliphatic heterocycles. The quantitative estimate of drug-likeness (QED) is 0.633. The topological polar surface area (TPSA) is 106 Å². The standard InChI is InChI=1S/C10H14N4O3/c1-12-4-7-2-3-8(5-13-7)17-6-9(15)14-10(11)16/h2-3,5,12H,4,6H2,1H3,(H3,11,14,15,16). The molecule has 92 valence electrons. The molecule has 0 aliphatic carbocycles. The molecule has 0 fully saturated rings. The zero-order chi connectivity index (χ0) is 12.7. The van der Waals surface area contributed by atoms with Crippen LogP contribution >= 0.6 is 0 Å². The Balaban J connectivity index is 2.41. The maximum atomic E-state index is 11.0. The van der Waals surface area contributed by atoms with Gasteiger partial charge in [-0.3, -0.25) is 15.1 Å². The molecular weight excluding hydrogens is 224 g/mol. The van der Waals surface area contributed by atoms with Crippen molar-refractivity contribution in [3.8, 4) is 5.75 Å². The molecule has 1 aromatic rings. The molecule has 17 heavy (non-hydrogen) atoms. The Bertz CT molecular complexity index is 391.